The molecule has 1 amide bonds. The van der Waals surface area contributed by atoms with Crippen LogP contribution in [0.25, 0.3) is 6.08 Å². The van der Waals surface area contributed by atoms with E-state index < -0.39 is 6.09 Å². The molecule has 3 N–H and O–H groups in total. The van der Waals surface area contributed by atoms with Gasteiger partial charge in [0.1, 0.15) is 6.61 Å². The van der Waals surface area contributed by atoms with E-state index in [1.807, 2.05) is 43.3 Å². The summed E-state index contributed by atoms with van der Waals surface area (Å²) < 4.78 is 5.10. The Labute approximate surface area is 129 Å². The van der Waals surface area contributed by atoms with Crippen molar-refractivity contribution in [3.05, 3.63) is 65.5 Å². The molecular weight excluding hydrogens is 278 g/mol. The third kappa shape index (κ3) is 4.63. The number of nitrogens with two attached hydrogens (primary N) is 1. The first-order valence-corrected chi connectivity index (χ1v) is 6.99. The van der Waals surface area contributed by atoms with E-state index in [4.69, 9.17) is 10.5 Å². The predicted octanol–water partition coefficient (Wildman–Crippen LogP) is 2.91. The second kappa shape index (κ2) is 7.83. The summed E-state index contributed by atoms with van der Waals surface area (Å²) in [6.07, 6.45) is 4.80. The Hall–Kier alpha value is -2.82. The SMILES string of the molecule is Cc1ccnc(C=CCNC(=O)OCc2ccccc2)c1N. The molecule has 0 bridgehead atoms. The third-order valence-corrected chi connectivity index (χ3v) is 3.09. The highest BCUT2D eigenvalue weighted by Crippen LogP contribution is 2.14. The van der Waals surface area contributed by atoms with E-state index in [-0.39, 0.29) is 6.61 Å². The molecule has 1 aromatic heterocycles. The van der Waals surface area contributed by atoms with Gasteiger partial charge in [0.15, 0.2) is 0 Å². The number of nitrogens with zero attached hydrogens (tertiary/aromatic N) is 1. The van der Waals surface area contributed by atoms with Crippen LogP contribution in [-0.2, 0) is 11.3 Å². The Morgan fingerprint density at radius 1 is 1.32 bits per heavy atom. The van der Waals surface area contributed by atoms with Gasteiger partial charge >= 0.3 is 6.09 Å². The quantitative estimate of drug-likeness (QED) is 0.889. The van der Waals surface area contributed by atoms with E-state index in [1.54, 1.807) is 18.3 Å². The highest BCUT2D eigenvalue weighted by Gasteiger charge is 2.01. The van der Waals surface area contributed by atoms with Crippen molar-refractivity contribution in [3.8, 4) is 0 Å². The molecular formula is C17H19N3O2. The minimum absolute atomic E-state index is 0.253. The van der Waals surface area contributed by atoms with Crippen LogP contribution in [0.15, 0.2) is 48.7 Å². The van der Waals surface area contributed by atoms with Gasteiger partial charge < -0.3 is 15.8 Å². The normalized spacial score (nSPS) is 10.6. The number of hydrogen-bond acceptors (Lipinski definition) is 4. The molecule has 0 aliphatic rings. The topological polar surface area (TPSA) is 77.2 Å². The number of alkyl carbamates (subject to hydrolysis) is 1. The van der Waals surface area contributed by atoms with Crippen molar-refractivity contribution in [3.63, 3.8) is 0 Å². The number of nitrogens with one attached hydrogen (secondary N) is 1. The number of pyridine rings is 1. The van der Waals surface area contributed by atoms with Crippen LogP contribution >= 0.6 is 0 Å². The molecule has 0 saturated heterocycles. The summed E-state index contributed by atoms with van der Waals surface area (Å²) >= 11 is 0. The fourth-order valence-electron chi connectivity index (χ4n) is 1.81. The largest absolute Gasteiger partial charge is 0.445 e. The monoisotopic (exact) mass is 297 g/mol. The number of ether oxygens (including phenoxy) is 1. The predicted molar refractivity (Wildman–Crippen MR) is 87.1 cm³/mol. The van der Waals surface area contributed by atoms with Crippen molar-refractivity contribution >= 4 is 17.9 Å². The molecule has 0 fully saturated rings. The number of carbonyl (C=O) groups excluding carboxylic acids is 1. The molecule has 0 saturated carbocycles. The number of hydrogen-bond donors (Lipinski definition) is 2. The Kier molecular flexibility index (Phi) is 5.54. The molecule has 0 aliphatic carbocycles. The zero-order valence-electron chi connectivity index (χ0n) is 12.5. The van der Waals surface area contributed by atoms with E-state index in [0.717, 1.165) is 11.1 Å². The van der Waals surface area contributed by atoms with Gasteiger partial charge in [-0.15, -0.1) is 0 Å². The number of rotatable bonds is 5. The molecule has 1 aromatic carbocycles. The second-order valence-electron chi connectivity index (χ2n) is 4.77. The van der Waals surface area contributed by atoms with Crippen LogP contribution < -0.4 is 11.1 Å². The molecule has 0 radical (unpaired) electrons. The van der Waals surface area contributed by atoms with Crippen LogP contribution in [0.2, 0.25) is 0 Å². The van der Waals surface area contributed by atoms with Gasteiger partial charge in [0, 0.05) is 12.7 Å². The Morgan fingerprint density at radius 3 is 2.86 bits per heavy atom. The van der Waals surface area contributed by atoms with Crippen LogP contribution in [0, 0.1) is 6.92 Å². The fourth-order valence-corrected chi connectivity index (χ4v) is 1.81. The van der Waals surface area contributed by atoms with Gasteiger partial charge in [-0.1, -0.05) is 36.4 Å². The van der Waals surface area contributed by atoms with Gasteiger partial charge in [0.05, 0.1) is 11.4 Å². The average molecular weight is 297 g/mol. The first-order valence-electron chi connectivity index (χ1n) is 6.99. The fraction of sp³-hybridized carbons (Fsp3) is 0.176. The molecule has 22 heavy (non-hydrogen) atoms. The first-order chi connectivity index (χ1) is 10.7. The molecule has 5 heteroatoms. The lowest BCUT2D eigenvalue weighted by Crippen LogP contribution is -2.24. The third-order valence-electron chi connectivity index (χ3n) is 3.09. The van der Waals surface area contributed by atoms with E-state index in [9.17, 15) is 4.79 Å². The summed E-state index contributed by atoms with van der Waals surface area (Å²) in [5, 5.41) is 2.64. The Balaban J connectivity index is 1.75. The van der Waals surface area contributed by atoms with Gasteiger partial charge in [-0.25, -0.2) is 4.79 Å². The van der Waals surface area contributed by atoms with E-state index in [0.29, 0.717) is 17.9 Å². The summed E-state index contributed by atoms with van der Waals surface area (Å²) in [6, 6.07) is 11.4. The van der Waals surface area contributed by atoms with Crippen molar-refractivity contribution in [1.82, 2.24) is 10.3 Å². The minimum Gasteiger partial charge on any atom is -0.445 e. The smallest absolute Gasteiger partial charge is 0.407 e. The van der Waals surface area contributed by atoms with Crippen LogP contribution in [0.5, 0.6) is 0 Å². The Bertz CT molecular complexity index is 654. The zero-order chi connectivity index (χ0) is 15.8. The van der Waals surface area contributed by atoms with Crippen molar-refractivity contribution < 1.29 is 9.53 Å². The van der Waals surface area contributed by atoms with Gasteiger partial charge in [-0.3, -0.25) is 4.98 Å². The highest BCUT2D eigenvalue weighted by atomic mass is 16.5. The molecule has 2 aromatic rings. The first kappa shape index (κ1) is 15.6. The van der Waals surface area contributed by atoms with Crippen LogP contribution in [0.4, 0.5) is 10.5 Å². The molecule has 114 valence electrons. The molecule has 1 heterocycles. The second-order valence-corrected chi connectivity index (χ2v) is 4.77. The maximum atomic E-state index is 11.5. The zero-order valence-corrected chi connectivity index (χ0v) is 12.5. The van der Waals surface area contributed by atoms with Crippen LogP contribution in [-0.4, -0.2) is 17.6 Å². The van der Waals surface area contributed by atoms with Gasteiger partial charge in [-0.2, -0.15) is 0 Å². The van der Waals surface area contributed by atoms with Crippen LogP contribution in [0.1, 0.15) is 16.8 Å². The van der Waals surface area contributed by atoms with Crippen molar-refractivity contribution in [2.75, 3.05) is 12.3 Å². The number of carbonyl (C=O) groups is 1. The lowest BCUT2D eigenvalue weighted by molar-refractivity contribution is 0.141. The molecule has 2 rings (SSSR count). The van der Waals surface area contributed by atoms with Crippen molar-refractivity contribution in [2.24, 2.45) is 0 Å². The van der Waals surface area contributed by atoms with Crippen LogP contribution in [0.3, 0.4) is 0 Å². The Morgan fingerprint density at radius 2 is 2.09 bits per heavy atom. The van der Waals surface area contributed by atoms with E-state index >= 15 is 0 Å². The maximum absolute atomic E-state index is 11.5. The lowest BCUT2D eigenvalue weighted by atomic mass is 10.2. The number of aryl methyl sites for hydroxylation is 1. The van der Waals surface area contributed by atoms with Gasteiger partial charge in [0.25, 0.3) is 0 Å². The average Bonchev–Trinajstić information content (AvgIpc) is 2.54. The van der Waals surface area contributed by atoms with E-state index in [2.05, 4.69) is 10.3 Å². The number of benzene rings is 1. The molecule has 0 atom stereocenters. The van der Waals surface area contributed by atoms with Crippen molar-refractivity contribution in [2.45, 2.75) is 13.5 Å². The summed E-state index contributed by atoms with van der Waals surface area (Å²) in [5.74, 6) is 0. The van der Waals surface area contributed by atoms with Crippen molar-refractivity contribution in [1.29, 1.82) is 0 Å². The number of anilines is 1. The molecule has 0 aliphatic heterocycles. The summed E-state index contributed by atoms with van der Waals surface area (Å²) in [6.45, 7) is 2.53. The lowest BCUT2D eigenvalue weighted by Gasteiger charge is -2.05. The number of aromatic nitrogens is 1. The van der Waals surface area contributed by atoms with Gasteiger partial charge in [0.2, 0.25) is 0 Å². The summed E-state index contributed by atoms with van der Waals surface area (Å²) in [7, 11) is 0. The maximum Gasteiger partial charge on any atom is 0.407 e. The number of nitrogen functional groups attached to an aromatic ring is 1. The molecule has 5 nitrogen and oxygen atoms in total. The molecule has 0 spiro atoms. The summed E-state index contributed by atoms with van der Waals surface area (Å²) in [4.78, 5) is 15.7. The molecule has 0 unspecified atom stereocenters. The summed E-state index contributed by atoms with van der Waals surface area (Å²) in [5.41, 5.74) is 9.17. The highest BCUT2D eigenvalue weighted by molar-refractivity contribution is 5.68. The minimum atomic E-state index is -0.460. The van der Waals surface area contributed by atoms with Gasteiger partial charge in [-0.05, 0) is 30.2 Å². The van der Waals surface area contributed by atoms with E-state index in [1.165, 1.54) is 0 Å². The number of amides is 1. The standard InChI is InChI=1S/C17H19N3O2/c1-13-9-11-19-15(16(13)18)8-5-10-20-17(21)22-12-14-6-3-2-4-7-14/h2-9,11H,10,12,18H2,1H3,(H,20,21).